The lowest BCUT2D eigenvalue weighted by Crippen LogP contribution is -2.15. The average Bonchev–Trinajstić information content (AvgIpc) is 3.58. The quantitative estimate of drug-likeness (QED) is 0.360. The molecule has 1 aliphatic carbocycles. The lowest BCUT2D eigenvalue weighted by molar-refractivity contribution is -0.117. The van der Waals surface area contributed by atoms with Crippen LogP contribution in [0.3, 0.4) is 0 Å². The van der Waals surface area contributed by atoms with Crippen LogP contribution < -0.4 is 14.8 Å². The molecule has 5 rings (SSSR count). The maximum Gasteiger partial charge on any atom is 0.264 e. The van der Waals surface area contributed by atoms with Gasteiger partial charge in [-0.25, -0.2) is 32.2 Å². The number of methoxy groups -OCH3 is 1. The van der Waals surface area contributed by atoms with E-state index in [1.807, 2.05) is 6.07 Å². The van der Waals surface area contributed by atoms with Gasteiger partial charge in [0.2, 0.25) is 17.7 Å². The molecule has 36 heavy (non-hydrogen) atoms. The topological polar surface area (TPSA) is 123 Å². The molecule has 3 heterocycles. The van der Waals surface area contributed by atoms with Crippen molar-refractivity contribution < 1.29 is 26.7 Å². The van der Waals surface area contributed by atoms with Crippen molar-refractivity contribution in [3.63, 3.8) is 0 Å². The minimum Gasteiger partial charge on any atom is -0.480 e. The smallest absolute Gasteiger partial charge is 0.264 e. The number of halogens is 2. The molecule has 1 aliphatic rings. The molecule has 0 aliphatic heterocycles. The second kappa shape index (κ2) is 9.06. The molecule has 1 aromatic carbocycles. The normalized spacial score (nSPS) is 13.6. The summed E-state index contributed by atoms with van der Waals surface area (Å²) in [6, 6.07) is 5.51. The predicted octanol–water partition coefficient (Wildman–Crippen LogP) is 4.50. The van der Waals surface area contributed by atoms with Gasteiger partial charge in [-0.1, -0.05) is 0 Å². The molecule has 4 aromatic rings. The number of fused-ring (bicyclic) bond motifs is 1. The number of thiophene rings is 1. The lowest BCUT2D eigenvalue weighted by atomic mass is 10.2. The van der Waals surface area contributed by atoms with Crippen molar-refractivity contribution >= 4 is 49.1 Å². The van der Waals surface area contributed by atoms with Gasteiger partial charge in [-0.2, -0.15) is 0 Å². The van der Waals surface area contributed by atoms with Crippen molar-refractivity contribution in [3.8, 4) is 16.3 Å². The Morgan fingerprint density at radius 3 is 2.64 bits per heavy atom. The van der Waals surface area contributed by atoms with E-state index in [-0.39, 0.29) is 29.3 Å². The number of amides is 1. The number of rotatable bonds is 7. The Kier molecular flexibility index (Phi) is 6.04. The number of aromatic nitrogens is 3. The first-order chi connectivity index (χ1) is 17.1. The molecule has 186 valence electrons. The summed E-state index contributed by atoms with van der Waals surface area (Å²) in [7, 11) is -3.10. The standard InChI is InChI=1S/C23H19F2N5O4S2/c1-11-15-9-18(35-22(15)29-23(27-11)28-20(31)12-3-4-12)13-7-17(21(34-2)26-10-13)30-36(32,33)19-6-5-14(24)8-16(19)25/h5-10,12,30H,3-4H2,1-2H3,(H,27,28,29,31). The number of benzene rings is 1. The number of hydrogen-bond donors (Lipinski definition) is 2. The maximum absolute atomic E-state index is 14.1. The minimum atomic E-state index is -4.41. The number of hydrogen-bond acceptors (Lipinski definition) is 8. The van der Waals surface area contributed by atoms with Gasteiger partial charge in [0.15, 0.2) is 0 Å². The Hall–Kier alpha value is -3.71. The fourth-order valence-electron chi connectivity index (χ4n) is 3.54. The third kappa shape index (κ3) is 4.71. The van der Waals surface area contributed by atoms with Gasteiger partial charge in [-0.3, -0.25) is 14.8 Å². The van der Waals surface area contributed by atoms with Gasteiger partial charge in [-0.05, 0) is 44.0 Å². The summed E-state index contributed by atoms with van der Waals surface area (Å²) >= 11 is 1.31. The maximum atomic E-state index is 14.1. The molecule has 0 saturated heterocycles. The number of aryl methyl sites for hydroxylation is 1. The van der Waals surface area contributed by atoms with Crippen molar-refractivity contribution in [2.45, 2.75) is 24.7 Å². The minimum absolute atomic E-state index is 0.0134. The van der Waals surface area contributed by atoms with Crippen LogP contribution in [0.1, 0.15) is 18.5 Å². The highest BCUT2D eigenvalue weighted by atomic mass is 32.2. The first-order valence-corrected chi connectivity index (χ1v) is 13.1. The monoisotopic (exact) mass is 531 g/mol. The molecule has 0 unspecified atom stereocenters. The first-order valence-electron chi connectivity index (χ1n) is 10.8. The molecule has 0 spiro atoms. The number of carbonyl (C=O) groups excluding carboxylic acids is 1. The molecule has 13 heteroatoms. The fourth-order valence-corrected chi connectivity index (χ4v) is 5.71. The summed E-state index contributed by atoms with van der Waals surface area (Å²) in [5, 5.41) is 3.51. The van der Waals surface area contributed by atoms with Gasteiger partial charge >= 0.3 is 0 Å². The number of carbonyl (C=O) groups is 1. The van der Waals surface area contributed by atoms with E-state index in [1.54, 1.807) is 6.92 Å². The summed E-state index contributed by atoms with van der Waals surface area (Å²) in [6.07, 6.45) is 3.22. The Balaban J connectivity index is 1.49. The second-order valence-corrected chi connectivity index (χ2v) is 10.9. The van der Waals surface area contributed by atoms with Crippen LogP contribution in [0.15, 0.2) is 41.4 Å². The van der Waals surface area contributed by atoms with Crippen LogP contribution in [0.2, 0.25) is 0 Å². The highest BCUT2D eigenvalue weighted by Gasteiger charge is 2.30. The van der Waals surface area contributed by atoms with Crippen LogP contribution in [0, 0.1) is 24.5 Å². The predicted molar refractivity (Wildman–Crippen MR) is 130 cm³/mol. The van der Waals surface area contributed by atoms with Crippen molar-refractivity contribution in [3.05, 3.63) is 53.9 Å². The molecule has 1 amide bonds. The molecule has 3 aromatic heterocycles. The van der Waals surface area contributed by atoms with E-state index < -0.39 is 26.6 Å². The largest absolute Gasteiger partial charge is 0.480 e. The third-order valence-corrected chi connectivity index (χ3v) is 8.00. The van der Waals surface area contributed by atoms with Crippen LogP contribution in [0.4, 0.5) is 20.4 Å². The van der Waals surface area contributed by atoms with Crippen LogP contribution in [-0.2, 0) is 14.8 Å². The number of nitrogens with zero attached hydrogens (tertiary/aromatic N) is 3. The zero-order valence-corrected chi connectivity index (χ0v) is 20.6. The van der Waals surface area contributed by atoms with Crippen molar-refractivity contribution in [1.29, 1.82) is 0 Å². The van der Waals surface area contributed by atoms with Crippen LogP contribution in [-0.4, -0.2) is 36.4 Å². The van der Waals surface area contributed by atoms with E-state index in [4.69, 9.17) is 4.74 Å². The SMILES string of the molecule is COc1ncc(-c2cc3c(C)nc(NC(=O)C4CC4)nc3s2)cc1NS(=O)(=O)c1ccc(F)cc1F. The van der Waals surface area contributed by atoms with E-state index in [9.17, 15) is 22.0 Å². The number of anilines is 2. The Bertz CT molecular complexity index is 1620. The summed E-state index contributed by atoms with van der Waals surface area (Å²) in [5.41, 5.74) is 1.18. The molecule has 1 fully saturated rings. The molecule has 0 bridgehead atoms. The van der Waals surface area contributed by atoms with Crippen LogP contribution in [0.25, 0.3) is 20.7 Å². The molecule has 0 radical (unpaired) electrons. The van der Waals surface area contributed by atoms with E-state index >= 15 is 0 Å². The summed E-state index contributed by atoms with van der Waals surface area (Å²) in [6.45, 7) is 1.80. The number of pyridine rings is 1. The average molecular weight is 532 g/mol. The van der Waals surface area contributed by atoms with Crippen molar-refractivity contribution in [2.24, 2.45) is 5.92 Å². The van der Waals surface area contributed by atoms with E-state index in [0.29, 0.717) is 27.0 Å². The Morgan fingerprint density at radius 2 is 1.94 bits per heavy atom. The molecule has 1 saturated carbocycles. The number of sulfonamides is 1. The van der Waals surface area contributed by atoms with Gasteiger partial charge in [0.1, 0.15) is 27.0 Å². The van der Waals surface area contributed by atoms with Gasteiger partial charge in [0.25, 0.3) is 10.0 Å². The molecular weight excluding hydrogens is 512 g/mol. The molecule has 0 atom stereocenters. The summed E-state index contributed by atoms with van der Waals surface area (Å²) in [4.78, 5) is 25.7. The van der Waals surface area contributed by atoms with E-state index in [0.717, 1.165) is 30.4 Å². The highest BCUT2D eigenvalue weighted by Crippen LogP contribution is 2.37. The Morgan fingerprint density at radius 1 is 1.17 bits per heavy atom. The molecule has 2 N–H and O–H groups in total. The highest BCUT2D eigenvalue weighted by molar-refractivity contribution is 7.92. The lowest BCUT2D eigenvalue weighted by Gasteiger charge is -2.12. The summed E-state index contributed by atoms with van der Waals surface area (Å²) in [5.74, 6) is -2.02. The molecular formula is C23H19F2N5O4S2. The van der Waals surface area contributed by atoms with Crippen LogP contribution >= 0.6 is 11.3 Å². The second-order valence-electron chi connectivity index (χ2n) is 8.19. The first kappa shape index (κ1) is 24.0. The van der Waals surface area contributed by atoms with Crippen molar-refractivity contribution in [2.75, 3.05) is 17.1 Å². The fraction of sp³-hybridized carbons (Fsp3) is 0.217. The number of nitrogens with one attached hydrogen (secondary N) is 2. The third-order valence-electron chi connectivity index (χ3n) is 5.52. The zero-order chi connectivity index (χ0) is 25.6. The van der Waals surface area contributed by atoms with Gasteiger partial charge in [-0.15, -0.1) is 11.3 Å². The van der Waals surface area contributed by atoms with Crippen molar-refractivity contribution in [1.82, 2.24) is 15.0 Å². The van der Waals surface area contributed by atoms with Gasteiger partial charge in [0, 0.05) is 34.0 Å². The van der Waals surface area contributed by atoms with Gasteiger partial charge in [0.05, 0.1) is 12.8 Å². The zero-order valence-electron chi connectivity index (χ0n) is 19.0. The number of ether oxygens (including phenoxy) is 1. The molecule has 9 nitrogen and oxygen atoms in total. The van der Waals surface area contributed by atoms with E-state index in [1.165, 1.54) is 30.7 Å². The summed E-state index contributed by atoms with van der Waals surface area (Å²) < 4.78 is 60.4. The van der Waals surface area contributed by atoms with Crippen LogP contribution in [0.5, 0.6) is 5.88 Å². The van der Waals surface area contributed by atoms with E-state index in [2.05, 4.69) is 25.0 Å². The Labute approximate surface area is 208 Å². The van der Waals surface area contributed by atoms with Gasteiger partial charge < -0.3 is 4.74 Å².